The highest BCUT2D eigenvalue weighted by Crippen LogP contribution is 2.26. The lowest BCUT2D eigenvalue weighted by molar-refractivity contribution is 0.291. The van der Waals surface area contributed by atoms with Crippen molar-refractivity contribution in [1.82, 2.24) is 19.6 Å². The molecule has 10 heteroatoms. The van der Waals surface area contributed by atoms with Gasteiger partial charge < -0.3 is 5.32 Å². The van der Waals surface area contributed by atoms with Gasteiger partial charge in [0.25, 0.3) is 0 Å². The number of allylic oxidation sites excluding steroid dienone is 2. The Balaban J connectivity index is 2.23. The van der Waals surface area contributed by atoms with E-state index in [4.69, 9.17) is 4.99 Å². The molecule has 0 amide bonds. The smallest absolute Gasteiger partial charge is 0.216 e. The van der Waals surface area contributed by atoms with Crippen LogP contribution in [-0.2, 0) is 16.6 Å². The number of nitrogens with zero attached hydrogens (tertiary/aromatic N) is 5. The standard InChI is InChI=1S/C22H33BrN6O2S/c1-17(2)32(30,31)29-11-8-20(9-12-29)21(24-4)13-22(28(5)27-14-18(3)23)26-16-19-7-6-10-25-15-19/h6-7,10,13-15,17,20,24H,3,8-9,11-12,16H2,1-2,4-5H3/b21-13?,26-22?,27-14-. The van der Waals surface area contributed by atoms with Crippen molar-refractivity contribution in [3.05, 3.63) is 52.9 Å². The molecular formula is C22H33BrN6O2S. The molecule has 2 rings (SSSR count). The largest absolute Gasteiger partial charge is 0.391 e. The van der Waals surface area contributed by atoms with Gasteiger partial charge in [0.05, 0.1) is 18.0 Å². The Hall–Kier alpha value is -2.04. The zero-order valence-electron chi connectivity index (χ0n) is 19.2. The summed E-state index contributed by atoms with van der Waals surface area (Å²) in [6.45, 7) is 8.74. The Morgan fingerprint density at radius 1 is 1.44 bits per heavy atom. The van der Waals surface area contributed by atoms with E-state index in [2.05, 4.69) is 37.9 Å². The average molecular weight is 526 g/mol. The Labute approximate surface area is 200 Å². The number of rotatable bonds is 9. The van der Waals surface area contributed by atoms with Gasteiger partial charge in [-0.3, -0.25) is 15.0 Å². The van der Waals surface area contributed by atoms with Crippen molar-refractivity contribution in [2.45, 2.75) is 38.5 Å². The molecule has 32 heavy (non-hydrogen) atoms. The molecule has 0 saturated carbocycles. The van der Waals surface area contributed by atoms with Crippen molar-refractivity contribution < 1.29 is 8.42 Å². The molecule has 1 fully saturated rings. The van der Waals surface area contributed by atoms with Gasteiger partial charge in [-0.25, -0.2) is 12.7 Å². The Morgan fingerprint density at radius 3 is 2.66 bits per heavy atom. The van der Waals surface area contributed by atoms with E-state index in [1.807, 2.05) is 32.3 Å². The number of hydrogen-bond donors (Lipinski definition) is 1. The first-order valence-corrected chi connectivity index (χ1v) is 12.9. The number of likely N-dealkylation sites (N-methyl/N-ethyl adjacent to an activating group) is 1. The summed E-state index contributed by atoms with van der Waals surface area (Å²) in [5, 5.41) is 8.97. The van der Waals surface area contributed by atoms with Crippen LogP contribution >= 0.6 is 15.9 Å². The highest BCUT2D eigenvalue weighted by molar-refractivity contribution is 9.12. The number of hydrogen-bond acceptors (Lipinski definition) is 6. The summed E-state index contributed by atoms with van der Waals surface area (Å²) in [7, 11) is 0.487. The molecule has 1 aliphatic heterocycles. The number of halogens is 1. The summed E-state index contributed by atoms with van der Waals surface area (Å²) >= 11 is 3.29. The summed E-state index contributed by atoms with van der Waals surface area (Å²) in [5.74, 6) is 0.895. The summed E-state index contributed by atoms with van der Waals surface area (Å²) in [6.07, 6.45) is 8.62. The Kier molecular flexibility index (Phi) is 10.0. The highest BCUT2D eigenvalue weighted by Gasteiger charge is 2.31. The zero-order valence-corrected chi connectivity index (χ0v) is 21.6. The van der Waals surface area contributed by atoms with Gasteiger partial charge in [-0.1, -0.05) is 12.6 Å². The number of sulfonamides is 1. The maximum Gasteiger partial charge on any atom is 0.216 e. The van der Waals surface area contributed by atoms with Gasteiger partial charge in [-0.05, 0) is 54.2 Å². The number of amidine groups is 1. The van der Waals surface area contributed by atoms with Crippen molar-refractivity contribution in [2.75, 3.05) is 27.2 Å². The SMILES string of the molecule is C=C(Br)/C=N\N(C)C(C=C(NC)C1CCN(S(=O)(=O)C(C)C)CC1)=NCc1cccnc1. The van der Waals surface area contributed by atoms with Crippen LogP contribution in [0.3, 0.4) is 0 Å². The van der Waals surface area contributed by atoms with Gasteiger partial charge in [0.2, 0.25) is 10.0 Å². The van der Waals surface area contributed by atoms with Crippen LogP contribution in [-0.4, -0.2) is 67.2 Å². The molecule has 1 N–H and O–H groups in total. The quantitative estimate of drug-likeness (QED) is 0.304. The summed E-state index contributed by atoms with van der Waals surface area (Å²) < 4.78 is 27.2. The van der Waals surface area contributed by atoms with Crippen LogP contribution in [0.25, 0.3) is 0 Å². The van der Waals surface area contributed by atoms with Crippen LogP contribution in [0.15, 0.2) is 57.5 Å². The summed E-state index contributed by atoms with van der Waals surface area (Å²) in [5.41, 5.74) is 2.01. The first-order chi connectivity index (χ1) is 15.1. The molecule has 8 nitrogen and oxygen atoms in total. The maximum absolute atomic E-state index is 12.5. The molecule has 1 saturated heterocycles. The van der Waals surface area contributed by atoms with Crippen LogP contribution in [0.2, 0.25) is 0 Å². The van der Waals surface area contributed by atoms with Gasteiger partial charge in [0.15, 0.2) is 0 Å². The van der Waals surface area contributed by atoms with E-state index in [1.54, 1.807) is 41.8 Å². The Bertz CT molecular complexity index is 952. The molecule has 0 aromatic carbocycles. The lowest BCUT2D eigenvalue weighted by Crippen LogP contribution is -2.43. The van der Waals surface area contributed by atoms with Crippen LogP contribution in [0.4, 0.5) is 0 Å². The molecule has 1 aromatic rings. The van der Waals surface area contributed by atoms with Gasteiger partial charge in [0.1, 0.15) is 5.84 Å². The first kappa shape index (κ1) is 26.2. The van der Waals surface area contributed by atoms with Crippen molar-refractivity contribution in [2.24, 2.45) is 16.0 Å². The van der Waals surface area contributed by atoms with E-state index in [1.165, 1.54) is 0 Å². The van der Waals surface area contributed by atoms with Crippen molar-refractivity contribution >= 4 is 38.0 Å². The van der Waals surface area contributed by atoms with E-state index in [0.717, 1.165) is 24.1 Å². The van der Waals surface area contributed by atoms with Crippen molar-refractivity contribution in [1.29, 1.82) is 0 Å². The van der Waals surface area contributed by atoms with Crippen LogP contribution in [0, 0.1) is 5.92 Å². The maximum atomic E-state index is 12.5. The third-order valence-electron chi connectivity index (χ3n) is 5.27. The van der Waals surface area contributed by atoms with Gasteiger partial charge in [-0.2, -0.15) is 5.10 Å². The zero-order chi connectivity index (χ0) is 23.7. The lowest BCUT2D eigenvalue weighted by atomic mass is 9.94. The molecule has 0 aliphatic carbocycles. The minimum absolute atomic E-state index is 0.214. The molecule has 0 spiro atoms. The lowest BCUT2D eigenvalue weighted by Gasteiger charge is -2.33. The molecule has 0 bridgehead atoms. The number of aliphatic imine (C=N–C) groups is 1. The van der Waals surface area contributed by atoms with E-state index in [0.29, 0.717) is 30.0 Å². The fourth-order valence-corrected chi connectivity index (χ4v) is 4.77. The normalized spacial score (nSPS) is 17.2. The van der Waals surface area contributed by atoms with Gasteiger partial charge in [0, 0.05) is 61.8 Å². The average Bonchev–Trinajstić information content (AvgIpc) is 2.78. The molecule has 1 aromatic heterocycles. The third-order valence-corrected chi connectivity index (χ3v) is 7.75. The van der Waals surface area contributed by atoms with E-state index in [-0.39, 0.29) is 5.92 Å². The van der Waals surface area contributed by atoms with E-state index in [9.17, 15) is 8.42 Å². The van der Waals surface area contributed by atoms with Gasteiger partial charge in [-0.15, -0.1) is 0 Å². The molecule has 1 aliphatic rings. The molecular weight excluding hydrogens is 492 g/mol. The van der Waals surface area contributed by atoms with Crippen LogP contribution < -0.4 is 5.32 Å². The van der Waals surface area contributed by atoms with E-state index < -0.39 is 15.3 Å². The minimum Gasteiger partial charge on any atom is -0.391 e. The van der Waals surface area contributed by atoms with Crippen molar-refractivity contribution in [3.63, 3.8) is 0 Å². The molecule has 0 unspecified atom stereocenters. The number of hydrazone groups is 1. The second kappa shape index (κ2) is 12.3. The Morgan fingerprint density at radius 2 is 2.12 bits per heavy atom. The fourth-order valence-electron chi connectivity index (χ4n) is 3.37. The first-order valence-electron chi connectivity index (χ1n) is 10.6. The highest BCUT2D eigenvalue weighted by atomic mass is 79.9. The predicted molar refractivity (Wildman–Crippen MR) is 135 cm³/mol. The van der Waals surface area contributed by atoms with Gasteiger partial charge >= 0.3 is 0 Å². The number of piperidine rings is 1. The molecule has 0 radical (unpaired) electrons. The monoisotopic (exact) mass is 524 g/mol. The summed E-state index contributed by atoms with van der Waals surface area (Å²) in [6, 6.07) is 3.86. The fraction of sp³-hybridized carbons (Fsp3) is 0.500. The number of aromatic nitrogens is 1. The van der Waals surface area contributed by atoms with Crippen LogP contribution in [0.5, 0.6) is 0 Å². The second-order valence-corrected chi connectivity index (χ2v) is 11.4. The predicted octanol–water partition coefficient (Wildman–Crippen LogP) is 3.36. The van der Waals surface area contributed by atoms with Crippen LogP contribution in [0.1, 0.15) is 32.3 Å². The van der Waals surface area contributed by atoms with E-state index >= 15 is 0 Å². The molecule has 0 atom stereocenters. The summed E-state index contributed by atoms with van der Waals surface area (Å²) in [4.78, 5) is 8.90. The number of pyridine rings is 1. The second-order valence-electron chi connectivity index (χ2n) is 7.87. The molecule has 2 heterocycles. The minimum atomic E-state index is -3.22. The third kappa shape index (κ3) is 7.53. The molecule has 176 valence electrons. The van der Waals surface area contributed by atoms with Crippen molar-refractivity contribution in [3.8, 4) is 0 Å². The topological polar surface area (TPSA) is 90.3 Å². The number of nitrogens with one attached hydrogen (secondary N) is 1.